The molecule has 0 N–H and O–H groups in total. The molecule has 0 bridgehead atoms. The lowest BCUT2D eigenvalue weighted by Gasteiger charge is -2.12. The molecule has 2 atom stereocenters. The zero-order chi connectivity index (χ0) is 8.55. The molecular formula is C9H13N2O. The van der Waals surface area contributed by atoms with Crippen LogP contribution in [0.15, 0.2) is 12.3 Å². The molecule has 1 fully saturated rings. The number of aryl methyl sites for hydroxylation is 1. The zero-order valence-corrected chi connectivity index (χ0v) is 7.23. The van der Waals surface area contributed by atoms with Crippen LogP contribution in [0.25, 0.3) is 0 Å². The van der Waals surface area contributed by atoms with Gasteiger partial charge in [0.25, 0.3) is 0 Å². The molecule has 0 unspecified atom stereocenters. The lowest BCUT2D eigenvalue weighted by Crippen LogP contribution is -2.13. The van der Waals surface area contributed by atoms with E-state index in [-0.39, 0.29) is 5.92 Å². The monoisotopic (exact) mass is 165 g/mol. The summed E-state index contributed by atoms with van der Waals surface area (Å²) in [6, 6.07) is 1.96. The molecular weight excluding hydrogens is 152 g/mol. The van der Waals surface area contributed by atoms with Gasteiger partial charge in [-0.1, -0.05) is 0 Å². The van der Waals surface area contributed by atoms with Gasteiger partial charge in [0.15, 0.2) is 0 Å². The molecule has 0 spiro atoms. The third-order valence-electron chi connectivity index (χ3n) is 2.69. The van der Waals surface area contributed by atoms with Crippen LogP contribution in [-0.2, 0) is 12.2 Å². The maximum atomic E-state index is 11.5. The van der Waals surface area contributed by atoms with E-state index in [9.17, 15) is 5.11 Å². The third-order valence-corrected chi connectivity index (χ3v) is 2.69. The van der Waals surface area contributed by atoms with Crippen molar-refractivity contribution in [2.75, 3.05) is 0 Å². The molecule has 2 rings (SSSR count). The highest BCUT2D eigenvalue weighted by atomic mass is 16.3. The van der Waals surface area contributed by atoms with Gasteiger partial charge in [-0.15, -0.1) is 0 Å². The number of aromatic nitrogens is 2. The molecule has 0 saturated heterocycles. The third kappa shape index (κ3) is 1.14. The fraction of sp³-hybridized carbons (Fsp3) is 0.667. The van der Waals surface area contributed by atoms with Crippen LogP contribution in [0.5, 0.6) is 0 Å². The van der Waals surface area contributed by atoms with E-state index in [1.165, 1.54) is 0 Å². The molecule has 1 heterocycles. The van der Waals surface area contributed by atoms with Crippen LogP contribution in [0.3, 0.4) is 0 Å². The SMILES string of the molecule is Cn1nccc1[C@H]1CCC[C@@H]1[O]. The normalized spacial score (nSPS) is 29.5. The van der Waals surface area contributed by atoms with Crippen molar-refractivity contribution in [2.45, 2.75) is 31.3 Å². The van der Waals surface area contributed by atoms with Crippen LogP contribution in [-0.4, -0.2) is 15.9 Å². The van der Waals surface area contributed by atoms with Crippen molar-refractivity contribution >= 4 is 0 Å². The Morgan fingerprint density at radius 2 is 2.42 bits per heavy atom. The number of hydrogen-bond acceptors (Lipinski definition) is 1. The van der Waals surface area contributed by atoms with E-state index in [1.807, 2.05) is 17.8 Å². The molecule has 1 radical (unpaired) electrons. The minimum atomic E-state index is -0.402. The summed E-state index contributed by atoms with van der Waals surface area (Å²) in [7, 11) is 1.90. The van der Waals surface area contributed by atoms with Crippen molar-refractivity contribution < 1.29 is 5.11 Å². The molecule has 0 amide bonds. The van der Waals surface area contributed by atoms with Crippen molar-refractivity contribution in [1.29, 1.82) is 0 Å². The Bertz CT molecular complexity index is 269. The smallest absolute Gasteiger partial charge is 0.101 e. The Morgan fingerprint density at radius 1 is 1.58 bits per heavy atom. The predicted molar refractivity (Wildman–Crippen MR) is 44.3 cm³/mol. The van der Waals surface area contributed by atoms with Crippen LogP contribution >= 0.6 is 0 Å². The predicted octanol–water partition coefficient (Wildman–Crippen LogP) is 1.49. The zero-order valence-electron chi connectivity index (χ0n) is 7.23. The summed E-state index contributed by atoms with van der Waals surface area (Å²) in [6.07, 6.45) is 4.30. The van der Waals surface area contributed by atoms with Crippen LogP contribution in [0.4, 0.5) is 0 Å². The first kappa shape index (κ1) is 7.80. The van der Waals surface area contributed by atoms with Gasteiger partial charge in [0.1, 0.15) is 6.10 Å². The van der Waals surface area contributed by atoms with Crippen LogP contribution in [0.1, 0.15) is 30.9 Å². The van der Waals surface area contributed by atoms with Crippen LogP contribution in [0, 0.1) is 0 Å². The summed E-state index contributed by atoms with van der Waals surface area (Å²) in [5.41, 5.74) is 1.10. The van der Waals surface area contributed by atoms with Gasteiger partial charge in [-0.05, 0) is 25.3 Å². The second-order valence-electron chi connectivity index (χ2n) is 3.46. The lowest BCUT2D eigenvalue weighted by atomic mass is 10.0. The maximum absolute atomic E-state index is 11.5. The van der Waals surface area contributed by atoms with Gasteiger partial charge in [0.2, 0.25) is 0 Å². The number of rotatable bonds is 1. The van der Waals surface area contributed by atoms with Crippen molar-refractivity contribution in [1.82, 2.24) is 9.78 Å². The fourth-order valence-corrected chi connectivity index (χ4v) is 2.01. The van der Waals surface area contributed by atoms with E-state index in [2.05, 4.69) is 5.10 Å². The minimum Gasteiger partial charge on any atom is -0.272 e. The van der Waals surface area contributed by atoms with E-state index < -0.39 is 6.10 Å². The van der Waals surface area contributed by atoms with Crippen LogP contribution in [0.2, 0.25) is 0 Å². The molecule has 0 aromatic carbocycles. The van der Waals surface area contributed by atoms with Gasteiger partial charge < -0.3 is 0 Å². The topological polar surface area (TPSA) is 37.7 Å². The molecule has 1 aromatic rings. The summed E-state index contributed by atoms with van der Waals surface area (Å²) in [5, 5.41) is 15.5. The minimum absolute atomic E-state index is 0.206. The van der Waals surface area contributed by atoms with E-state index in [4.69, 9.17) is 0 Å². The van der Waals surface area contributed by atoms with Crippen molar-refractivity contribution in [2.24, 2.45) is 7.05 Å². The first-order valence-electron chi connectivity index (χ1n) is 4.43. The summed E-state index contributed by atoms with van der Waals surface area (Å²) >= 11 is 0. The average molecular weight is 165 g/mol. The van der Waals surface area contributed by atoms with Gasteiger partial charge in [-0.3, -0.25) is 4.68 Å². The highest BCUT2D eigenvalue weighted by Gasteiger charge is 2.29. The average Bonchev–Trinajstić information content (AvgIpc) is 2.59. The Morgan fingerprint density at radius 3 is 2.92 bits per heavy atom. The highest BCUT2D eigenvalue weighted by Crippen LogP contribution is 2.34. The molecule has 1 aliphatic rings. The second-order valence-corrected chi connectivity index (χ2v) is 3.46. The molecule has 3 heteroatoms. The molecule has 65 valence electrons. The number of hydrogen-bond donors (Lipinski definition) is 0. The van der Waals surface area contributed by atoms with E-state index in [1.54, 1.807) is 6.20 Å². The summed E-state index contributed by atoms with van der Waals surface area (Å²) in [5.74, 6) is 0.206. The first-order chi connectivity index (χ1) is 5.79. The van der Waals surface area contributed by atoms with Gasteiger partial charge in [-0.2, -0.15) is 5.10 Å². The Balaban J connectivity index is 2.24. The Labute approximate surface area is 72.0 Å². The Kier molecular flexibility index (Phi) is 1.89. The second kappa shape index (κ2) is 2.90. The van der Waals surface area contributed by atoms with Gasteiger partial charge in [0.05, 0.1) is 0 Å². The molecule has 3 nitrogen and oxygen atoms in total. The first-order valence-corrected chi connectivity index (χ1v) is 4.43. The highest BCUT2D eigenvalue weighted by molar-refractivity contribution is 5.11. The van der Waals surface area contributed by atoms with Crippen molar-refractivity contribution in [3.8, 4) is 0 Å². The molecule has 1 saturated carbocycles. The van der Waals surface area contributed by atoms with E-state index >= 15 is 0 Å². The summed E-state index contributed by atoms with van der Waals surface area (Å²) in [6.45, 7) is 0. The lowest BCUT2D eigenvalue weighted by molar-refractivity contribution is 0.0783. The summed E-state index contributed by atoms with van der Waals surface area (Å²) in [4.78, 5) is 0. The summed E-state index contributed by atoms with van der Waals surface area (Å²) < 4.78 is 1.82. The fourth-order valence-electron chi connectivity index (χ4n) is 2.01. The standard InChI is InChI=1S/C9H13N2O/c1-11-8(5-6-10-11)7-3-2-4-9(7)12/h5-7,9H,2-4H2,1H3/t7-,9+/m1/s1. The molecule has 1 aliphatic carbocycles. The molecule has 12 heavy (non-hydrogen) atoms. The molecule has 1 aromatic heterocycles. The Hall–Kier alpha value is -0.830. The molecule has 0 aliphatic heterocycles. The van der Waals surface area contributed by atoms with E-state index in [0.29, 0.717) is 0 Å². The van der Waals surface area contributed by atoms with E-state index in [0.717, 1.165) is 25.0 Å². The largest absolute Gasteiger partial charge is 0.272 e. The van der Waals surface area contributed by atoms with Crippen LogP contribution < -0.4 is 0 Å². The maximum Gasteiger partial charge on any atom is 0.101 e. The quantitative estimate of drug-likeness (QED) is 0.621. The van der Waals surface area contributed by atoms with Gasteiger partial charge in [0, 0.05) is 24.9 Å². The van der Waals surface area contributed by atoms with Gasteiger partial charge in [-0.25, -0.2) is 5.11 Å². The van der Waals surface area contributed by atoms with Crippen molar-refractivity contribution in [3.63, 3.8) is 0 Å². The number of nitrogens with zero attached hydrogens (tertiary/aromatic N) is 2. The van der Waals surface area contributed by atoms with Crippen molar-refractivity contribution in [3.05, 3.63) is 18.0 Å². The van der Waals surface area contributed by atoms with Gasteiger partial charge >= 0.3 is 0 Å².